The van der Waals surface area contributed by atoms with Crippen LogP contribution in [0.3, 0.4) is 0 Å². The number of anilines is 1. The number of rotatable bonds is 3. The number of para-hydroxylation sites is 1. The van der Waals surface area contributed by atoms with Gasteiger partial charge in [0.2, 0.25) is 5.91 Å². The molecule has 1 aliphatic carbocycles. The summed E-state index contributed by atoms with van der Waals surface area (Å²) in [7, 11) is 1.93. The van der Waals surface area contributed by atoms with E-state index in [1.165, 1.54) is 12.0 Å². The van der Waals surface area contributed by atoms with Crippen LogP contribution in [0.1, 0.15) is 18.9 Å². The van der Waals surface area contributed by atoms with Crippen LogP contribution in [0.2, 0.25) is 0 Å². The smallest absolute Gasteiger partial charge is 0.245 e. The Kier molecular flexibility index (Phi) is 2.77. The first-order chi connectivity index (χ1) is 8.65. The molecule has 1 amide bonds. The van der Waals surface area contributed by atoms with Crippen molar-refractivity contribution in [1.82, 2.24) is 4.90 Å². The molecule has 0 radical (unpaired) electrons. The van der Waals surface area contributed by atoms with Crippen molar-refractivity contribution in [3.63, 3.8) is 0 Å². The molecule has 96 valence electrons. The SMILES string of the molecule is CC1CC1CN(C)C(=O)C1Cc2ccccc2N1. The van der Waals surface area contributed by atoms with Crippen LogP contribution < -0.4 is 5.32 Å². The minimum Gasteiger partial charge on any atom is -0.373 e. The zero-order valence-electron chi connectivity index (χ0n) is 11.0. The normalized spacial score (nSPS) is 28.4. The number of carbonyl (C=O) groups is 1. The van der Waals surface area contributed by atoms with Crippen molar-refractivity contribution in [1.29, 1.82) is 0 Å². The fourth-order valence-corrected chi connectivity index (χ4v) is 2.81. The molecular weight excluding hydrogens is 224 g/mol. The van der Waals surface area contributed by atoms with Crippen LogP contribution in [0, 0.1) is 11.8 Å². The lowest BCUT2D eigenvalue weighted by molar-refractivity contribution is -0.130. The number of hydrogen-bond donors (Lipinski definition) is 1. The van der Waals surface area contributed by atoms with Crippen molar-refractivity contribution in [3.05, 3.63) is 29.8 Å². The summed E-state index contributed by atoms with van der Waals surface area (Å²) in [6.45, 7) is 3.17. The minimum absolute atomic E-state index is 0.0681. The molecule has 0 bridgehead atoms. The Morgan fingerprint density at radius 2 is 2.17 bits per heavy atom. The summed E-state index contributed by atoms with van der Waals surface area (Å²) in [6, 6.07) is 8.11. The van der Waals surface area contributed by atoms with Gasteiger partial charge in [0, 0.05) is 25.7 Å². The Balaban J connectivity index is 1.61. The first-order valence-corrected chi connectivity index (χ1v) is 6.74. The molecule has 0 saturated heterocycles. The largest absolute Gasteiger partial charge is 0.373 e. The third-order valence-electron chi connectivity index (χ3n) is 4.23. The lowest BCUT2D eigenvalue weighted by Crippen LogP contribution is -2.40. The number of amides is 1. The summed E-state index contributed by atoms with van der Waals surface area (Å²) >= 11 is 0. The van der Waals surface area contributed by atoms with Crippen molar-refractivity contribution in [3.8, 4) is 0 Å². The van der Waals surface area contributed by atoms with E-state index in [0.717, 1.165) is 30.5 Å². The molecule has 1 aromatic rings. The van der Waals surface area contributed by atoms with Crippen LogP contribution in [0.4, 0.5) is 5.69 Å². The molecule has 3 heteroatoms. The predicted molar refractivity (Wildman–Crippen MR) is 72.5 cm³/mol. The van der Waals surface area contributed by atoms with Crippen LogP contribution in [-0.4, -0.2) is 30.4 Å². The summed E-state index contributed by atoms with van der Waals surface area (Å²) in [6.07, 6.45) is 2.09. The van der Waals surface area contributed by atoms with Crippen LogP contribution >= 0.6 is 0 Å². The first-order valence-electron chi connectivity index (χ1n) is 6.74. The molecule has 3 nitrogen and oxygen atoms in total. The molecule has 1 fully saturated rings. The van der Waals surface area contributed by atoms with E-state index < -0.39 is 0 Å². The molecule has 0 aromatic heterocycles. The Morgan fingerprint density at radius 1 is 1.44 bits per heavy atom. The van der Waals surface area contributed by atoms with E-state index in [9.17, 15) is 4.79 Å². The average Bonchev–Trinajstić information content (AvgIpc) is 2.92. The number of likely N-dealkylation sites (N-methyl/N-ethyl adjacent to an activating group) is 1. The van der Waals surface area contributed by atoms with Crippen LogP contribution in [0.5, 0.6) is 0 Å². The van der Waals surface area contributed by atoms with E-state index in [1.807, 2.05) is 30.1 Å². The lowest BCUT2D eigenvalue weighted by atomic mass is 10.1. The predicted octanol–water partition coefficient (Wildman–Crippen LogP) is 2.14. The highest BCUT2D eigenvalue weighted by molar-refractivity contribution is 5.87. The number of nitrogens with zero attached hydrogens (tertiary/aromatic N) is 1. The maximum Gasteiger partial charge on any atom is 0.245 e. The molecule has 1 aliphatic heterocycles. The molecule has 1 heterocycles. The highest BCUT2D eigenvalue weighted by Crippen LogP contribution is 2.38. The van der Waals surface area contributed by atoms with Crippen LogP contribution in [-0.2, 0) is 11.2 Å². The molecule has 3 atom stereocenters. The van der Waals surface area contributed by atoms with E-state index in [4.69, 9.17) is 0 Å². The van der Waals surface area contributed by atoms with E-state index in [1.54, 1.807) is 0 Å². The number of fused-ring (bicyclic) bond motifs is 1. The number of benzene rings is 1. The van der Waals surface area contributed by atoms with Crippen molar-refractivity contribution in [2.24, 2.45) is 11.8 Å². The molecule has 3 unspecified atom stereocenters. The van der Waals surface area contributed by atoms with Crippen LogP contribution in [0.25, 0.3) is 0 Å². The fraction of sp³-hybridized carbons (Fsp3) is 0.533. The summed E-state index contributed by atoms with van der Waals surface area (Å²) in [5.41, 5.74) is 2.37. The number of carbonyl (C=O) groups excluding carboxylic acids is 1. The molecule has 0 spiro atoms. The van der Waals surface area contributed by atoms with Gasteiger partial charge in [0.25, 0.3) is 0 Å². The van der Waals surface area contributed by atoms with Gasteiger partial charge in [-0.05, 0) is 29.9 Å². The number of nitrogens with one attached hydrogen (secondary N) is 1. The van der Waals surface area contributed by atoms with E-state index >= 15 is 0 Å². The molecule has 1 N–H and O–H groups in total. The van der Waals surface area contributed by atoms with Gasteiger partial charge in [0.05, 0.1) is 0 Å². The fourth-order valence-electron chi connectivity index (χ4n) is 2.81. The van der Waals surface area contributed by atoms with Gasteiger partial charge in [-0.1, -0.05) is 25.1 Å². The van der Waals surface area contributed by atoms with E-state index in [0.29, 0.717) is 0 Å². The number of hydrogen-bond acceptors (Lipinski definition) is 2. The van der Waals surface area contributed by atoms with Gasteiger partial charge < -0.3 is 10.2 Å². The van der Waals surface area contributed by atoms with E-state index in [-0.39, 0.29) is 11.9 Å². The average molecular weight is 244 g/mol. The zero-order chi connectivity index (χ0) is 12.7. The second-order valence-electron chi connectivity index (χ2n) is 5.75. The Morgan fingerprint density at radius 3 is 2.83 bits per heavy atom. The monoisotopic (exact) mass is 244 g/mol. The molecule has 2 aliphatic rings. The molecule has 1 saturated carbocycles. The Labute approximate surface area is 108 Å². The summed E-state index contributed by atoms with van der Waals surface area (Å²) in [4.78, 5) is 14.2. The highest BCUT2D eigenvalue weighted by Gasteiger charge is 2.36. The second-order valence-corrected chi connectivity index (χ2v) is 5.75. The van der Waals surface area contributed by atoms with Gasteiger partial charge in [-0.15, -0.1) is 0 Å². The third-order valence-corrected chi connectivity index (χ3v) is 4.23. The topological polar surface area (TPSA) is 32.3 Å². The van der Waals surface area contributed by atoms with Gasteiger partial charge in [-0.25, -0.2) is 0 Å². The molecular formula is C15H20N2O. The highest BCUT2D eigenvalue weighted by atomic mass is 16.2. The van der Waals surface area contributed by atoms with Crippen molar-refractivity contribution in [2.75, 3.05) is 18.9 Å². The van der Waals surface area contributed by atoms with Gasteiger partial charge in [0.1, 0.15) is 6.04 Å². The summed E-state index contributed by atoms with van der Waals surface area (Å²) in [5.74, 6) is 1.75. The van der Waals surface area contributed by atoms with Crippen molar-refractivity contribution >= 4 is 11.6 Å². The molecule has 18 heavy (non-hydrogen) atoms. The van der Waals surface area contributed by atoms with Crippen molar-refractivity contribution in [2.45, 2.75) is 25.8 Å². The maximum absolute atomic E-state index is 12.3. The Hall–Kier alpha value is -1.51. The Bertz CT molecular complexity index is 446. The lowest BCUT2D eigenvalue weighted by Gasteiger charge is -2.21. The summed E-state index contributed by atoms with van der Waals surface area (Å²) in [5, 5.41) is 3.33. The first kappa shape index (κ1) is 11.6. The van der Waals surface area contributed by atoms with E-state index in [2.05, 4.69) is 18.3 Å². The summed E-state index contributed by atoms with van der Waals surface area (Å²) < 4.78 is 0. The van der Waals surface area contributed by atoms with Crippen molar-refractivity contribution < 1.29 is 4.79 Å². The zero-order valence-corrected chi connectivity index (χ0v) is 11.0. The molecule has 1 aromatic carbocycles. The van der Waals surface area contributed by atoms with Gasteiger partial charge >= 0.3 is 0 Å². The second kappa shape index (κ2) is 4.30. The minimum atomic E-state index is -0.0681. The third kappa shape index (κ3) is 2.09. The quantitative estimate of drug-likeness (QED) is 0.883. The molecule has 3 rings (SSSR count). The standard InChI is InChI=1S/C15H20N2O/c1-10-7-12(10)9-17(2)15(18)14-8-11-5-3-4-6-13(11)16-14/h3-6,10,12,14,16H,7-9H2,1-2H3. The van der Waals surface area contributed by atoms with Gasteiger partial charge in [-0.3, -0.25) is 4.79 Å². The van der Waals surface area contributed by atoms with Gasteiger partial charge in [0.15, 0.2) is 0 Å². The maximum atomic E-state index is 12.3. The van der Waals surface area contributed by atoms with Gasteiger partial charge in [-0.2, -0.15) is 0 Å². The van der Waals surface area contributed by atoms with Crippen LogP contribution in [0.15, 0.2) is 24.3 Å².